The lowest BCUT2D eigenvalue weighted by Gasteiger charge is -2.26. The van der Waals surface area contributed by atoms with E-state index in [4.69, 9.17) is 9.47 Å². The van der Waals surface area contributed by atoms with Crippen LogP contribution in [0.1, 0.15) is 29.8 Å². The molecule has 0 aromatic heterocycles. The Bertz CT molecular complexity index is 755. The third-order valence-electron chi connectivity index (χ3n) is 4.37. The first kappa shape index (κ1) is 19.4. The average molecular weight is 368 g/mol. The van der Waals surface area contributed by atoms with Crippen molar-refractivity contribution < 1.29 is 14.3 Å². The maximum Gasteiger partial charge on any atom is 0.255 e. The molecular weight excluding hydrogens is 340 g/mol. The van der Waals surface area contributed by atoms with E-state index in [1.807, 2.05) is 30.3 Å². The molecule has 1 heterocycles. The van der Waals surface area contributed by atoms with Crippen molar-refractivity contribution in [1.29, 1.82) is 0 Å². The molecule has 0 spiro atoms. The predicted octanol–water partition coefficient (Wildman–Crippen LogP) is 3.81. The van der Waals surface area contributed by atoms with E-state index in [1.54, 1.807) is 12.1 Å². The van der Waals surface area contributed by atoms with Gasteiger partial charge in [-0.15, -0.1) is 0 Å². The predicted molar refractivity (Wildman–Crippen MR) is 107 cm³/mol. The molecule has 5 heteroatoms. The van der Waals surface area contributed by atoms with Crippen LogP contribution in [0, 0.1) is 5.92 Å². The summed E-state index contributed by atoms with van der Waals surface area (Å²) in [4.78, 5) is 15.0. The highest BCUT2D eigenvalue weighted by Crippen LogP contribution is 2.18. The molecule has 0 unspecified atom stereocenters. The number of ether oxygens (including phenoxy) is 2. The second kappa shape index (κ2) is 9.53. The summed E-state index contributed by atoms with van der Waals surface area (Å²) in [5.41, 5.74) is 2.58. The molecule has 1 aliphatic rings. The van der Waals surface area contributed by atoms with Crippen molar-refractivity contribution in [3.05, 3.63) is 59.7 Å². The van der Waals surface area contributed by atoms with E-state index in [1.165, 1.54) is 5.56 Å². The molecule has 0 radical (unpaired) electrons. The topological polar surface area (TPSA) is 50.8 Å². The quantitative estimate of drug-likeness (QED) is 0.807. The lowest BCUT2D eigenvalue weighted by Crippen LogP contribution is -2.35. The van der Waals surface area contributed by atoms with Crippen molar-refractivity contribution in [1.82, 2.24) is 4.90 Å². The molecule has 1 saturated heterocycles. The lowest BCUT2D eigenvalue weighted by atomic mass is 10.1. The number of morpholine rings is 1. The van der Waals surface area contributed by atoms with Crippen LogP contribution in [0.4, 0.5) is 5.69 Å². The zero-order chi connectivity index (χ0) is 19.1. The Morgan fingerprint density at radius 2 is 1.93 bits per heavy atom. The number of carbonyl (C=O) groups excluding carboxylic acids is 1. The van der Waals surface area contributed by atoms with Crippen molar-refractivity contribution in [3.8, 4) is 5.75 Å². The molecule has 0 saturated carbocycles. The minimum absolute atomic E-state index is 0.131. The van der Waals surface area contributed by atoms with Gasteiger partial charge in [0, 0.05) is 30.9 Å². The third-order valence-corrected chi connectivity index (χ3v) is 4.37. The molecule has 1 amide bonds. The minimum Gasteiger partial charge on any atom is -0.493 e. The molecule has 2 aromatic rings. The summed E-state index contributed by atoms with van der Waals surface area (Å²) < 4.78 is 11.1. The van der Waals surface area contributed by atoms with Crippen LogP contribution in [0.25, 0.3) is 0 Å². The van der Waals surface area contributed by atoms with E-state index < -0.39 is 0 Å². The van der Waals surface area contributed by atoms with E-state index in [9.17, 15) is 4.79 Å². The van der Waals surface area contributed by atoms with Gasteiger partial charge in [-0.3, -0.25) is 9.69 Å². The number of benzene rings is 2. The van der Waals surface area contributed by atoms with Crippen molar-refractivity contribution >= 4 is 11.6 Å². The first-order chi connectivity index (χ1) is 13.1. The average Bonchev–Trinajstić information content (AvgIpc) is 2.68. The van der Waals surface area contributed by atoms with Crippen LogP contribution in [0.5, 0.6) is 5.75 Å². The van der Waals surface area contributed by atoms with Gasteiger partial charge in [-0.1, -0.05) is 32.0 Å². The Morgan fingerprint density at radius 1 is 1.15 bits per heavy atom. The van der Waals surface area contributed by atoms with E-state index in [0.717, 1.165) is 44.3 Å². The zero-order valence-corrected chi connectivity index (χ0v) is 16.1. The largest absolute Gasteiger partial charge is 0.493 e. The van der Waals surface area contributed by atoms with Gasteiger partial charge in [-0.2, -0.15) is 0 Å². The molecule has 1 aliphatic heterocycles. The molecule has 0 aliphatic carbocycles. The number of hydrogen-bond donors (Lipinski definition) is 1. The van der Waals surface area contributed by atoms with Crippen LogP contribution in [0.3, 0.4) is 0 Å². The Labute approximate surface area is 161 Å². The van der Waals surface area contributed by atoms with E-state index in [2.05, 4.69) is 30.1 Å². The van der Waals surface area contributed by atoms with Crippen molar-refractivity contribution in [2.24, 2.45) is 5.92 Å². The van der Waals surface area contributed by atoms with Crippen LogP contribution < -0.4 is 10.1 Å². The van der Waals surface area contributed by atoms with Gasteiger partial charge < -0.3 is 14.8 Å². The molecule has 27 heavy (non-hydrogen) atoms. The molecule has 5 nitrogen and oxygen atoms in total. The Balaban J connectivity index is 1.62. The number of rotatable bonds is 7. The summed E-state index contributed by atoms with van der Waals surface area (Å²) >= 11 is 0. The van der Waals surface area contributed by atoms with Crippen LogP contribution >= 0.6 is 0 Å². The molecule has 1 N–H and O–H groups in total. The Hall–Kier alpha value is -2.37. The van der Waals surface area contributed by atoms with Crippen molar-refractivity contribution in [2.45, 2.75) is 20.4 Å². The summed E-state index contributed by atoms with van der Waals surface area (Å²) in [6.45, 7) is 9.15. The summed E-state index contributed by atoms with van der Waals surface area (Å²) in [7, 11) is 0. The Morgan fingerprint density at radius 3 is 2.70 bits per heavy atom. The monoisotopic (exact) mass is 368 g/mol. The summed E-state index contributed by atoms with van der Waals surface area (Å²) in [6, 6.07) is 15.3. The summed E-state index contributed by atoms with van der Waals surface area (Å²) in [5.74, 6) is 1.03. The molecule has 144 valence electrons. The van der Waals surface area contributed by atoms with Crippen LogP contribution in [-0.4, -0.2) is 43.7 Å². The van der Waals surface area contributed by atoms with E-state index in [-0.39, 0.29) is 5.91 Å². The first-order valence-corrected chi connectivity index (χ1v) is 9.53. The number of nitrogens with zero attached hydrogens (tertiary/aromatic N) is 1. The number of carbonyl (C=O) groups is 1. The van der Waals surface area contributed by atoms with Crippen molar-refractivity contribution in [2.75, 3.05) is 38.2 Å². The highest BCUT2D eigenvalue weighted by atomic mass is 16.5. The Kier molecular flexibility index (Phi) is 6.85. The molecule has 1 fully saturated rings. The van der Waals surface area contributed by atoms with Gasteiger partial charge in [0.15, 0.2) is 0 Å². The van der Waals surface area contributed by atoms with Crippen LogP contribution in [-0.2, 0) is 11.3 Å². The lowest BCUT2D eigenvalue weighted by molar-refractivity contribution is 0.0342. The first-order valence-electron chi connectivity index (χ1n) is 9.53. The van der Waals surface area contributed by atoms with Crippen molar-refractivity contribution in [3.63, 3.8) is 0 Å². The molecule has 0 atom stereocenters. The van der Waals surface area contributed by atoms with Gasteiger partial charge in [0.05, 0.1) is 19.8 Å². The fourth-order valence-electron chi connectivity index (χ4n) is 2.96. The summed E-state index contributed by atoms with van der Waals surface area (Å²) in [6.07, 6.45) is 0. The van der Waals surface area contributed by atoms with Crippen LogP contribution in [0.15, 0.2) is 48.5 Å². The second-order valence-electron chi connectivity index (χ2n) is 7.28. The fourth-order valence-corrected chi connectivity index (χ4v) is 2.96. The third kappa shape index (κ3) is 6.08. The van der Waals surface area contributed by atoms with E-state index in [0.29, 0.717) is 18.1 Å². The van der Waals surface area contributed by atoms with Gasteiger partial charge in [-0.25, -0.2) is 0 Å². The normalized spacial score (nSPS) is 14.9. The molecule has 0 bridgehead atoms. The summed E-state index contributed by atoms with van der Waals surface area (Å²) in [5, 5.41) is 2.99. The van der Waals surface area contributed by atoms with Crippen LogP contribution in [0.2, 0.25) is 0 Å². The number of anilines is 1. The highest BCUT2D eigenvalue weighted by molar-refractivity contribution is 6.04. The van der Waals surface area contributed by atoms with E-state index >= 15 is 0 Å². The number of amides is 1. The van der Waals surface area contributed by atoms with Gasteiger partial charge in [0.25, 0.3) is 5.91 Å². The second-order valence-corrected chi connectivity index (χ2v) is 7.28. The minimum atomic E-state index is -0.131. The number of nitrogens with one attached hydrogen (secondary N) is 1. The highest BCUT2D eigenvalue weighted by Gasteiger charge is 2.12. The smallest absolute Gasteiger partial charge is 0.255 e. The standard InChI is InChI=1S/C22H28N2O3/c1-17(2)16-27-21-8-4-6-19(14-21)22(25)23-20-7-3-5-18(13-20)15-24-9-11-26-12-10-24/h3-8,13-14,17H,9-12,15-16H2,1-2H3,(H,23,25). The molecule has 3 rings (SSSR count). The molecule has 2 aromatic carbocycles. The maximum absolute atomic E-state index is 12.6. The maximum atomic E-state index is 12.6. The van der Waals surface area contributed by atoms with Gasteiger partial charge in [-0.05, 0) is 41.8 Å². The van der Waals surface area contributed by atoms with Gasteiger partial charge in [0.1, 0.15) is 5.75 Å². The zero-order valence-electron chi connectivity index (χ0n) is 16.1. The van der Waals surface area contributed by atoms with Gasteiger partial charge in [0.2, 0.25) is 0 Å². The fraction of sp³-hybridized carbons (Fsp3) is 0.409. The number of hydrogen-bond acceptors (Lipinski definition) is 4. The molecular formula is C22H28N2O3. The van der Waals surface area contributed by atoms with Gasteiger partial charge >= 0.3 is 0 Å². The SMILES string of the molecule is CC(C)COc1cccc(C(=O)Nc2cccc(CN3CCOCC3)c2)c1.